The van der Waals surface area contributed by atoms with Crippen molar-refractivity contribution in [2.45, 2.75) is 0 Å². The van der Waals surface area contributed by atoms with Gasteiger partial charge in [-0.3, -0.25) is 4.98 Å². The maximum Gasteiger partial charge on any atom is 0.175 e. The number of aromatic nitrogens is 1. The van der Waals surface area contributed by atoms with Crippen molar-refractivity contribution in [1.82, 2.24) is 4.98 Å². The third-order valence-electron chi connectivity index (χ3n) is 2.88. The Balaban J connectivity index is 1.74. The Morgan fingerprint density at radius 2 is 1.55 bits per heavy atom. The standard InChI is InChI=1S/C16H13N3S/c20-16(18-13-7-2-1-3-8-13)19-14-10-12-6-4-5-9-15(12)17-11-14/h1-11H,(H2,18,19,20). The Kier molecular flexibility index (Phi) is 3.56. The molecular weight excluding hydrogens is 266 g/mol. The van der Waals surface area contributed by atoms with E-state index in [1.165, 1.54) is 0 Å². The van der Waals surface area contributed by atoms with Crippen LogP contribution in [-0.4, -0.2) is 10.1 Å². The number of rotatable bonds is 2. The molecule has 1 heterocycles. The van der Waals surface area contributed by atoms with Gasteiger partial charge in [-0.15, -0.1) is 0 Å². The average molecular weight is 279 g/mol. The second kappa shape index (κ2) is 5.67. The first-order valence-electron chi connectivity index (χ1n) is 6.29. The van der Waals surface area contributed by atoms with Crippen LogP contribution >= 0.6 is 12.2 Å². The zero-order chi connectivity index (χ0) is 13.8. The Hall–Kier alpha value is -2.46. The van der Waals surface area contributed by atoms with Crippen molar-refractivity contribution in [3.05, 3.63) is 66.9 Å². The fourth-order valence-electron chi connectivity index (χ4n) is 1.95. The molecule has 3 rings (SSSR count). The van der Waals surface area contributed by atoms with Crippen molar-refractivity contribution < 1.29 is 0 Å². The highest BCUT2D eigenvalue weighted by atomic mass is 32.1. The summed E-state index contributed by atoms with van der Waals surface area (Å²) in [5.74, 6) is 0. The SMILES string of the molecule is S=C(Nc1ccccc1)Nc1cnc2ccccc2c1. The van der Waals surface area contributed by atoms with E-state index in [1.807, 2.05) is 60.7 Å². The number of para-hydroxylation sites is 2. The molecule has 0 bridgehead atoms. The highest BCUT2D eigenvalue weighted by Gasteiger charge is 2.00. The Labute approximate surface area is 122 Å². The predicted octanol–water partition coefficient (Wildman–Crippen LogP) is 4.04. The largest absolute Gasteiger partial charge is 0.332 e. The van der Waals surface area contributed by atoms with Crippen LogP contribution in [-0.2, 0) is 0 Å². The summed E-state index contributed by atoms with van der Waals surface area (Å²) in [5, 5.41) is 7.90. The van der Waals surface area contributed by atoms with Crippen molar-refractivity contribution in [1.29, 1.82) is 0 Å². The number of fused-ring (bicyclic) bond motifs is 1. The van der Waals surface area contributed by atoms with Crippen molar-refractivity contribution in [3.63, 3.8) is 0 Å². The quantitative estimate of drug-likeness (QED) is 0.694. The van der Waals surface area contributed by atoms with Crippen LogP contribution in [0.1, 0.15) is 0 Å². The van der Waals surface area contributed by atoms with E-state index >= 15 is 0 Å². The summed E-state index contributed by atoms with van der Waals surface area (Å²) in [6, 6.07) is 19.8. The van der Waals surface area contributed by atoms with Crippen LogP contribution in [0.25, 0.3) is 10.9 Å². The van der Waals surface area contributed by atoms with E-state index < -0.39 is 0 Å². The highest BCUT2D eigenvalue weighted by Crippen LogP contribution is 2.16. The maximum absolute atomic E-state index is 5.29. The van der Waals surface area contributed by atoms with Gasteiger partial charge in [0.15, 0.2) is 5.11 Å². The number of nitrogens with one attached hydrogen (secondary N) is 2. The van der Waals surface area contributed by atoms with Gasteiger partial charge < -0.3 is 10.6 Å². The number of thiocarbonyl (C=S) groups is 1. The Bertz CT molecular complexity index is 741. The second-order valence-corrected chi connectivity index (χ2v) is 4.77. The number of benzene rings is 2. The molecule has 0 fully saturated rings. The van der Waals surface area contributed by atoms with Gasteiger partial charge in [0.2, 0.25) is 0 Å². The summed E-state index contributed by atoms with van der Waals surface area (Å²) in [4.78, 5) is 4.39. The molecule has 0 aliphatic heterocycles. The van der Waals surface area contributed by atoms with Gasteiger partial charge in [-0.2, -0.15) is 0 Å². The molecule has 1 aromatic heterocycles. The number of hydrogen-bond acceptors (Lipinski definition) is 2. The van der Waals surface area contributed by atoms with E-state index in [4.69, 9.17) is 12.2 Å². The molecule has 0 spiro atoms. The van der Waals surface area contributed by atoms with Crippen molar-refractivity contribution in [2.75, 3.05) is 10.6 Å². The minimum Gasteiger partial charge on any atom is -0.332 e. The molecule has 0 saturated heterocycles. The number of nitrogens with zero attached hydrogens (tertiary/aromatic N) is 1. The molecule has 0 unspecified atom stereocenters. The van der Waals surface area contributed by atoms with E-state index in [-0.39, 0.29) is 0 Å². The monoisotopic (exact) mass is 279 g/mol. The van der Waals surface area contributed by atoms with Crippen LogP contribution in [0.3, 0.4) is 0 Å². The van der Waals surface area contributed by atoms with Crippen LogP contribution in [0.5, 0.6) is 0 Å². The zero-order valence-electron chi connectivity index (χ0n) is 10.7. The van der Waals surface area contributed by atoms with Gasteiger partial charge in [0, 0.05) is 11.1 Å². The predicted molar refractivity (Wildman–Crippen MR) is 88.0 cm³/mol. The molecule has 3 nitrogen and oxygen atoms in total. The molecule has 0 aliphatic rings. The van der Waals surface area contributed by atoms with E-state index in [0.717, 1.165) is 22.3 Å². The number of hydrogen-bond donors (Lipinski definition) is 2. The second-order valence-electron chi connectivity index (χ2n) is 4.36. The molecule has 0 saturated carbocycles. The van der Waals surface area contributed by atoms with Crippen LogP contribution in [0, 0.1) is 0 Å². The third kappa shape index (κ3) is 2.92. The van der Waals surface area contributed by atoms with E-state index in [9.17, 15) is 0 Å². The summed E-state index contributed by atoms with van der Waals surface area (Å²) < 4.78 is 0. The first-order valence-corrected chi connectivity index (χ1v) is 6.70. The normalized spacial score (nSPS) is 10.2. The van der Waals surface area contributed by atoms with Gasteiger partial charge in [-0.1, -0.05) is 36.4 Å². The molecule has 2 aromatic carbocycles. The topological polar surface area (TPSA) is 37.0 Å². The van der Waals surface area contributed by atoms with Gasteiger partial charge in [0.1, 0.15) is 0 Å². The lowest BCUT2D eigenvalue weighted by Gasteiger charge is -2.10. The number of anilines is 2. The van der Waals surface area contributed by atoms with Crippen molar-refractivity contribution >= 4 is 39.6 Å². The zero-order valence-corrected chi connectivity index (χ0v) is 11.5. The molecule has 4 heteroatoms. The molecule has 3 aromatic rings. The van der Waals surface area contributed by atoms with E-state index in [1.54, 1.807) is 6.20 Å². The summed E-state index contributed by atoms with van der Waals surface area (Å²) >= 11 is 5.29. The Morgan fingerprint density at radius 1 is 0.850 bits per heavy atom. The molecular formula is C16H13N3S. The van der Waals surface area contributed by atoms with Gasteiger partial charge in [0.25, 0.3) is 0 Å². The van der Waals surface area contributed by atoms with Crippen LogP contribution in [0.15, 0.2) is 66.9 Å². The minimum atomic E-state index is 0.549. The lowest BCUT2D eigenvalue weighted by Crippen LogP contribution is -2.19. The molecule has 0 amide bonds. The molecule has 0 atom stereocenters. The van der Waals surface area contributed by atoms with Gasteiger partial charge in [-0.25, -0.2) is 0 Å². The summed E-state index contributed by atoms with van der Waals surface area (Å²) in [5.41, 5.74) is 2.80. The average Bonchev–Trinajstić information content (AvgIpc) is 2.48. The first kappa shape index (κ1) is 12.6. The Morgan fingerprint density at radius 3 is 2.40 bits per heavy atom. The van der Waals surface area contributed by atoms with Gasteiger partial charge >= 0.3 is 0 Å². The third-order valence-corrected chi connectivity index (χ3v) is 3.08. The molecule has 0 radical (unpaired) electrons. The van der Waals surface area contributed by atoms with Gasteiger partial charge in [0.05, 0.1) is 17.4 Å². The van der Waals surface area contributed by atoms with Crippen LogP contribution < -0.4 is 10.6 Å². The minimum absolute atomic E-state index is 0.549. The van der Waals surface area contributed by atoms with Crippen LogP contribution in [0.4, 0.5) is 11.4 Å². The number of pyridine rings is 1. The van der Waals surface area contributed by atoms with Crippen molar-refractivity contribution in [3.8, 4) is 0 Å². The molecule has 98 valence electrons. The molecule has 2 N–H and O–H groups in total. The summed E-state index contributed by atoms with van der Waals surface area (Å²) in [7, 11) is 0. The fourth-order valence-corrected chi connectivity index (χ4v) is 2.19. The summed E-state index contributed by atoms with van der Waals surface area (Å²) in [6.07, 6.45) is 1.78. The van der Waals surface area contributed by atoms with Crippen molar-refractivity contribution in [2.24, 2.45) is 0 Å². The molecule has 0 aliphatic carbocycles. The summed E-state index contributed by atoms with van der Waals surface area (Å²) in [6.45, 7) is 0. The lowest BCUT2D eigenvalue weighted by molar-refractivity contribution is 1.41. The van der Waals surface area contributed by atoms with Gasteiger partial charge in [-0.05, 0) is 36.5 Å². The van der Waals surface area contributed by atoms with E-state index in [2.05, 4.69) is 15.6 Å². The first-order chi connectivity index (χ1) is 9.81. The maximum atomic E-state index is 5.29. The molecule has 20 heavy (non-hydrogen) atoms. The lowest BCUT2D eigenvalue weighted by atomic mass is 10.2. The fraction of sp³-hybridized carbons (Fsp3) is 0. The highest BCUT2D eigenvalue weighted by molar-refractivity contribution is 7.80. The van der Waals surface area contributed by atoms with E-state index in [0.29, 0.717) is 5.11 Å². The van der Waals surface area contributed by atoms with Crippen LogP contribution in [0.2, 0.25) is 0 Å². The smallest absolute Gasteiger partial charge is 0.175 e.